The summed E-state index contributed by atoms with van der Waals surface area (Å²) in [6.45, 7) is 5.32. The topological polar surface area (TPSA) is 70.6 Å². The minimum absolute atomic E-state index is 0. The number of nitrogens with zero attached hydrogens (tertiary/aromatic N) is 1. The quantitative estimate of drug-likeness (QED) is 0.415. The fourth-order valence-electron chi connectivity index (χ4n) is 1.57. The van der Waals surface area contributed by atoms with Gasteiger partial charge in [-0.05, 0) is 18.1 Å². The number of hydrogen-bond acceptors (Lipinski definition) is 3. The molecular weight excluding hydrogens is 401 g/mol. The lowest BCUT2D eigenvalue weighted by atomic mass is 10.2. The summed E-state index contributed by atoms with van der Waals surface area (Å²) in [5.74, 6) is 1.17. The Morgan fingerprint density at radius 2 is 1.81 bits per heavy atom. The molecule has 0 aliphatic rings. The van der Waals surface area contributed by atoms with Crippen molar-refractivity contribution in [1.29, 1.82) is 0 Å². The second-order valence-electron chi connectivity index (χ2n) is 4.91. The van der Waals surface area contributed by atoms with Gasteiger partial charge in [0.1, 0.15) is 0 Å². The highest BCUT2D eigenvalue weighted by atomic mass is 127. The van der Waals surface area contributed by atoms with E-state index in [1.54, 1.807) is 37.4 Å². The van der Waals surface area contributed by atoms with Gasteiger partial charge in [0.25, 0.3) is 0 Å². The Hall–Kier alpha value is -0.830. The van der Waals surface area contributed by atoms with E-state index in [-0.39, 0.29) is 29.7 Å². The van der Waals surface area contributed by atoms with Gasteiger partial charge in [0, 0.05) is 20.1 Å². The number of sulfone groups is 1. The summed E-state index contributed by atoms with van der Waals surface area (Å²) in [5.41, 5.74) is 0. The van der Waals surface area contributed by atoms with E-state index in [0.717, 1.165) is 6.54 Å². The first-order valence-electron chi connectivity index (χ1n) is 6.68. The Morgan fingerprint density at radius 1 is 1.19 bits per heavy atom. The Morgan fingerprint density at radius 3 is 2.33 bits per heavy atom. The molecule has 0 fully saturated rings. The molecule has 0 amide bonds. The molecule has 0 atom stereocenters. The fourth-order valence-corrected chi connectivity index (χ4v) is 2.75. The molecule has 0 saturated heterocycles. The predicted octanol–water partition coefficient (Wildman–Crippen LogP) is 1.90. The molecule has 0 unspecified atom stereocenters. The van der Waals surface area contributed by atoms with Crippen LogP contribution in [0.5, 0.6) is 0 Å². The lowest BCUT2D eigenvalue weighted by Crippen LogP contribution is -2.41. The molecule has 0 aliphatic heterocycles. The van der Waals surface area contributed by atoms with Gasteiger partial charge in [0.15, 0.2) is 15.8 Å². The highest BCUT2D eigenvalue weighted by Crippen LogP contribution is 2.09. The van der Waals surface area contributed by atoms with Crippen LogP contribution in [0.1, 0.15) is 13.8 Å². The molecule has 5 nitrogen and oxygen atoms in total. The number of rotatable bonds is 6. The summed E-state index contributed by atoms with van der Waals surface area (Å²) >= 11 is 0. The summed E-state index contributed by atoms with van der Waals surface area (Å²) in [4.78, 5) is 4.41. The Bertz CT molecular complexity index is 530. The molecule has 1 aromatic carbocycles. The third-order valence-electron chi connectivity index (χ3n) is 2.67. The molecule has 0 aliphatic carbocycles. The largest absolute Gasteiger partial charge is 0.356 e. The van der Waals surface area contributed by atoms with Crippen LogP contribution in [0.2, 0.25) is 0 Å². The van der Waals surface area contributed by atoms with Crippen molar-refractivity contribution in [3.63, 3.8) is 0 Å². The smallest absolute Gasteiger partial charge is 0.191 e. The number of benzene rings is 1. The van der Waals surface area contributed by atoms with Crippen LogP contribution in [-0.4, -0.2) is 40.3 Å². The highest BCUT2D eigenvalue weighted by Gasteiger charge is 2.13. The minimum Gasteiger partial charge on any atom is -0.356 e. The van der Waals surface area contributed by atoms with Crippen molar-refractivity contribution in [3.05, 3.63) is 30.3 Å². The van der Waals surface area contributed by atoms with Crippen LogP contribution in [-0.2, 0) is 9.84 Å². The third-order valence-corrected chi connectivity index (χ3v) is 4.40. The van der Waals surface area contributed by atoms with Gasteiger partial charge < -0.3 is 10.6 Å². The summed E-state index contributed by atoms with van der Waals surface area (Å²) < 4.78 is 24.1. The van der Waals surface area contributed by atoms with Gasteiger partial charge in [-0.2, -0.15) is 0 Å². The van der Waals surface area contributed by atoms with Gasteiger partial charge in [0.2, 0.25) is 0 Å². The van der Waals surface area contributed by atoms with Crippen LogP contribution in [0, 0.1) is 5.92 Å². The molecule has 0 bridgehead atoms. The average molecular weight is 425 g/mol. The van der Waals surface area contributed by atoms with Crippen molar-refractivity contribution in [2.24, 2.45) is 10.9 Å². The molecule has 120 valence electrons. The first-order chi connectivity index (χ1) is 9.45. The zero-order valence-corrected chi connectivity index (χ0v) is 15.8. The summed E-state index contributed by atoms with van der Waals surface area (Å²) in [5, 5.41) is 6.15. The van der Waals surface area contributed by atoms with E-state index in [2.05, 4.69) is 29.5 Å². The Balaban J connectivity index is 0.00000400. The number of nitrogens with one attached hydrogen (secondary N) is 2. The first kappa shape index (κ1) is 20.2. The number of aliphatic imine (C=N–C) groups is 1. The zero-order valence-electron chi connectivity index (χ0n) is 12.7. The van der Waals surface area contributed by atoms with Crippen molar-refractivity contribution in [3.8, 4) is 0 Å². The molecule has 0 spiro atoms. The van der Waals surface area contributed by atoms with Crippen molar-refractivity contribution in [1.82, 2.24) is 10.6 Å². The molecule has 2 N–H and O–H groups in total. The molecular formula is C14H24IN3O2S. The summed E-state index contributed by atoms with van der Waals surface area (Å²) in [6.07, 6.45) is 0. The van der Waals surface area contributed by atoms with E-state index in [9.17, 15) is 8.42 Å². The van der Waals surface area contributed by atoms with Crippen molar-refractivity contribution < 1.29 is 8.42 Å². The lowest BCUT2D eigenvalue weighted by molar-refractivity contribution is 0.593. The Kier molecular flexibility index (Phi) is 9.60. The second kappa shape index (κ2) is 9.99. The van der Waals surface area contributed by atoms with Gasteiger partial charge in [-0.1, -0.05) is 32.0 Å². The fraction of sp³-hybridized carbons (Fsp3) is 0.500. The number of halogens is 1. The SMILES string of the molecule is CN=C(NCCS(=O)(=O)c1ccccc1)NCC(C)C.I. The maximum atomic E-state index is 12.1. The number of guanidine groups is 1. The summed E-state index contributed by atoms with van der Waals surface area (Å²) in [7, 11) is -1.57. The van der Waals surface area contributed by atoms with E-state index in [1.165, 1.54) is 0 Å². The van der Waals surface area contributed by atoms with Gasteiger partial charge >= 0.3 is 0 Å². The average Bonchev–Trinajstić information content (AvgIpc) is 2.43. The van der Waals surface area contributed by atoms with E-state index in [4.69, 9.17) is 0 Å². The third kappa shape index (κ3) is 7.66. The molecule has 1 rings (SSSR count). The monoisotopic (exact) mass is 425 g/mol. The van der Waals surface area contributed by atoms with Crippen LogP contribution >= 0.6 is 24.0 Å². The van der Waals surface area contributed by atoms with Crippen molar-refractivity contribution in [2.75, 3.05) is 25.9 Å². The molecule has 7 heteroatoms. The maximum absolute atomic E-state index is 12.1. The van der Waals surface area contributed by atoms with Gasteiger partial charge in [-0.25, -0.2) is 8.42 Å². The minimum atomic E-state index is -3.24. The zero-order chi connectivity index (χ0) is 15.0. The van der Waals surface area contributed by atoms with Gasteiger partial charge in [-0.15, -0.1) is 24.0 Å². The summed E-state index contributed by atoms with van der Waals surface area (Å²) in [6, 6.07) is 8.48. The first-order valence-corrected chi connectivity index (χ1v) is 8.33. The van der Waals surface area contributed by atoms with E-state index < -0.39 is 9.84 Å². The van der Waals surface area contributed by atoms with Crippen LogP contribution < -0.4 is 10.6 Å². The molecule has 1 aromatic rings. The van der Waals surface area contributed by atoms with E-state index >= 15 is 0 Å². The van der Waals surface area contributed by atoms with Crippen molar-refractivity contribution in [2.45, 2.75) is 18.7 Å². The Labute approximate surface area is 144 Å². The van der Waals surface area contributed by atoms with E-state index in [1.807, 2.05) is 0 Å². The van der Waals surface area contributed by atoms with Crippen LogP contribution in [0.15, 0.2) is 40.2 Å². The maximum Gasteiger partial charge on any atom is 0.191 e. The van der Waals surface area contributed by atoms with Crippen molar-refractivity contribution >= 4 is 39.8 Å². The molecule has 21 heavy (non-hydrogen) atoms. The van der Waals surface area contributed by atoms with Crippen LogP contribution in [0.3, 0.4) is 0 Å². The van der Waals surface area contributed by atoms with Gasteiger partial charge in [0.05, 0.1) is 10.6 Å². The molecule has 0 heterocycles. The lowest BCUT2D eigenvalue weighted by Gasteiger charge is -2.13. The number of hydrogen-bond donors (Lipinski definition) is 2. The highest BCUT2D eigenvalue weighted by molar-refractivity contribution is 14.0. The molecule has 0 radical (unpaired) electrons. The normalized spacial score (nSPS) is 11.9. The molecule has 0 aromatic heterocycles. The standard InChI is InChI=1S/C14H23N3O2S.HI/c1-12(2)11-17-14(15-3)16-9-10-20(18,19)13-7-5-4-6-8-13;/h4-8,12H,9-11H2,1-3H3,(H2,15,16,17);1H. The molecule has 0 saturated carbocycles. The van der Waals surface area contributed by atoms with E-state index in [0.29, 0.717) is 23.3 Å². The second-order valence-corrected chi connectivity index (χ2v) is 7.01. The van der Waals surface area contributed by atoms with Crippen LogP contribution in [0.4, 0.5) is 0 Å². The van der Waals surface area contributed by atoms with Gasteiger partial charge in [-0.3, -0.25) is 4.99 Å². The van der Waals surface area contributed by atoms with Crippen LogP contribution in [0.25, 0.3) is 0 Å². The predicted molar refractivity (Wildman–Crippen MR) is 98.1 cm³/mol.